The Balaban J connectivity index is 1.02. The summed E-state index contributed by atoms with van der Waals surface area (Å²) >= 11 is 0. The summed E-state index contributed by atoms with van der Waals surface area (Å²) in [7, 11) is 3.91. The second kappa shape index (κ2) is 18.8. The van der Waals surface area contributed by atoms with Gasteiger partial charge >= 0.3 is 18.8 Å². The van der Waals surface area contributed by atoms with E-state index < -0.39 is 54.9 Å². The number of rotatable bonds is 13. The molecule has 18 heteroatoms. The molecule has 16 nitrogen and oxygen atoms in total. The minimum absolute atomic E-state index is 0.0421. The van der Waals surface area contributed by atoms with Gasteiger partial charge in [-0.3, -0.25) is 14.6 Å². The number of carbonyl (C=O) groups is 4. The van der Waals surface area contributed by atoms with Gasteiger partial charge in [0.15, 0.2) is 0 Å². The van der Waals surface area contributed by atoms with Crippen LogP contribution in [0.4, 0.5) is 24.1 Å². The molecule has 0 bridgehead atoms. The summed E-state index contributed by atoms with van der Waals surface area (Å²) in [5.41, 5.74) is 7.11. The van der Waals surface area contributed by atoms with E-state index in [1.54, 1.807) is 18.0 Å². The molecule has 5 heterocycles. The molecule has 4 aliphatic heterocycles. The highest BCUT2D eigenvalue weighted by Gasteiger charge is 2.44. The standard InChI is InChI=1S/C47H55F2N7O9/c1-23(2)40(53-46(59)62-6)44(58)56-24(3)8-13-37(56)42-50-19-36(52-42)28-9-11-30-29(15-28)22-64-39-18-31-27(16-33(30)39)10-12-34-32(31)17-35(51-34)38-14-26(21-65-45(48)49)20-55(38)43(57)41(25(4)61-5)54-47(60)63-7/h9-12,15-16,18-19,23-26,37-38,40-41,45H,8,13-14,17,20-22H2,1-7H3,(H,50,52)(H,53,59)(H,54,60)/t24-,25+,26-,37-,38-,40-,41-/m0/s1. The van der Waals surface area contributed by atoms with Crippen molar-refractivity contribution < 1.29 is 51.6 Å². The lowest BCUT2D eigenvalue weighted by molar-refractivity contribution is -0.140. The Hall–Kier alpha value is -6.14. The number of fused-ring (bicyclic) bond motifs is 6. The highest BCUT2D eigenvalue weighted by Crippen LogP contribution is 2.45. The SMILES string of the molecule is COC(=O)N[C@H](C(=O)N1[C@@H](C)CC[C@H]1c1ncc(-c2ccc3c(c2)COc2cc4c5c(ccc4cc2-3)N=C([C@@H]2C[C@H](COC(F)F)CN2C(=O)[C@@H](NC(=O)OC)[C@@H](C)OC)C5)[nH]1)C(C)C. The molecule has 346 valence electrons. The fraction of sp³-hybridized carbons (Fsp3) is 0.489. The third kappa shape index (κ3) is 8.97. The van der Waals surface area contributed by atoms with Crippen molar-refractivity contribution in [3.05, 3.63) is 65.6 Å². The zero-order valence-corrected chi connectivity index (χ0v) is 37.5. The molecule has 3 aromatic carbocycles. The van der Waals surface area contributed by atoms with Gasteiger partial charge < -0.3 is 49.1 Å². The van der Waals surface area contributed by atoms with Crippen molar-refractivity contribution in [2.45, 2.75) is 103 Å². The Kier molecular flexibility index (Phi) is 13.1. The van der Waals surface area contributed by atoms with Crippen molar-refractivity contribution in [3.8, 4) is 28.1 Å². The average molecular weight is 900 g/mol. The molecule has 2 fully saturated rings. The smallest absolute Gasteiger partial charge is 0.407 e. The summed E-state index contributed by atoms with van der Waals surface area (Å²) in [4.78, 5) is 69.1. The summed E-state index contributed by atoms with van der Waals surface area (Å²) in [5, 5.41) is 7.21. The quantitative estimate of drug-likeness (QED) is 0.125. The predicted molar refractivity (Wildman–Crippen MR) is 236 cm³/mol. The number of likely N-dealkylation sites (tertiary alicyclic amines) is 2. The molecule has 4 aliphatic rings. The van der Waals surface area contributed by atoms with Gasteiger partial charge in [-0.15, -0.1) is 0 Å². The zero-order valence-electron chi connectivity index (χ0n) is 37.5. The van der Waals surface area contributed by atoms with E-state index >= 15 is 0 Å². The van der Waals surface area contributed by atoms with Crippen LogP contribution in [0.3, 0.4) is 0 Å². The molecule has 0 aliphatic carbocycles. The number of hydrogen-bond acceptors (Lipinski definition) is 11. The van der Waals surface area contributed by atoms with Crippen molar-refractivity contribution >= 4 is 46.2 Å². The van der Waals surface area contributed by atoms with Gasteiger partial charge in [0.1, 0.15) is 30.3 Å². The summed E-state index contributed by atoms with van der Waals surface area (Å²) in [5.74, 6) is 0.234. The first-order chi connectivity index (χ1) is 31.2. The van der Waals surface area contributed by atoms with Gasteiger partial charge in [0.2, 0.25) is 11.8 Å². The molecular formula is C47H55F2N7O9. The maximum absolute atomic E-state index is 14.2. The van der Waals surface area contributed by atoms with Gasteiger partial charge in [-0.05, 0) is 96.3 Å². The third-order valence-electron chi connectivity index (χ3n) is 13.2. The highest BCUT2D eigenvalue weighted by molar-refractivity contribution is 6.06. The molecule has 0 spiro atoms. The van der Waals surface area contributed by atoms with E-state index in [0.717, 1.165) is 68.6 Å². The molecule has 8 rings (SSSR count). The topological polar surface area (TPSA) is 186 Å². The number of carbonyl (C=O) groups excluding carboxylic acids is 4. The lowest BCUT2D eigenvalue weighted by Crippen LogP contribution is -2.56. The monoisotopic (exact) mass is 899 g/mol. The lowest BCUT2D eigenvalue weighted by Gasteiger charge is -2.32. The maximum Gasteiger partial charge on any atom is 0.407 e. The van der Waals surface area contributed by atoms with Crippen molar-refractivity contribution in [3.63, 3.8) is 0 Å². The number of nitrogens with zero attached hydrogens (tertiary/aromatic N) is 4. The van der Waals surface area contributed by atoms with Gasteiger partial charge in [0.25, 0.3) is 0 Å². The van der Waals surface area contributed by atoms with Crippen molar-refractivity contribution in [1.29, 1.82) is 0 Å². The number of nitrogens with one attached hydrogen (secondary N) is 3. The van der Waals surface area contributed by atoms with E-state index in [1.807, 2.05) is 49.9 Å². The summed E-state index contributed by atoms with van der Waals surface area (Å²) in [6, 6.07) is 11.6. The molecule has 0 unspecified atom stereocenters. The lowest BCUT2D eigenvalue weighted by atomic mass is 9.90. The third-order valence-corrected chi connectivity index (χ3v) is 13.2. The molecule has 4 amide bonds. The predicted octanol–water partition coefficient (Wildman–Crippen LogP) is 7.07. The van der Waals surface area contributed by atoms with E-state index in [1.165, 1.54) is 21.3 Å². The van der Waals surface area contributed by atoms with Gasteiger partial charge in [-0.1, -0.05) is 32.0 Å². The van der Waals surface area contributed by atoms with Crippen molar-refractivity contribution in [1.82, 2.24) is 30.4 Å². The molecule has 7 atom stereocenters. The van der Waals surface area contributed by atoms with Crippen molar-refractivity contribution in [2.24, 2.45) is 16.8 Å². The fourth-order valence-corrected chi connectivity index (χ4v) is 9.72. The van der Waals surface area contributed by atoms with E-state index in [4.69, 9.17) is 33.7 Å². The number of H-pyrrole nitrogens is 1. The van der Waals surface area contributed by atoms with Crippen LogP contribution >= 0.6 is 0 Å². The van der Waals surface area contributed by atoms with Gasteiger partial charge in [0.05, 0.1) is 56.6 Å². The Labute approximate surface area is 375 Å². The zero-order chi connectivity index (χ0) is 46.3. The number of alkyl halides is 2. The molecule has 3 N–H and O–H groups in total. The largest absolute Gasteiger partial charge is 0.488 e. The highest BCUT2D eigenvalue weighted by atomic mass is 19.3. The Morgan fingerprint density at radius 1 is 0.923 bits per heavy atom. The second-order valence-corrected chi connectivity index (χ2v) is 17.6. The van der Waals surface area contributed by atoms with Crippen LogP contribution in [0.1, 0.15) is 70.0 Å². The Bertz CT molecular complexity index is 2510. The number of aromatic nitrogens is 2. The minimum atomic E-state index is -2.95. The van der Waals surface area contributed by atoms with E-state index in [9.17, 15) is 28.0 Å². The number of benzene rings is 3. The van der Waals surface area contributed by atoms with Crippen LogP contribution in [0, 0.1) is 11.8 Å². The first-order valence-corrected chi connectivity index (χ1v) is 21.9. The fourth-order valence-electron chi connectivity index (χ4n) is 9.72. The van der Waals surface area contributed by atoms with Crippen LogP contribution < -0.4 is 15.4 Å². The molecular weight excluding hydrogens is 845 g/mol. The van der Waals surface area contributed by atoms with Crippen LogP contribution in [0.5, 0.6) is 5.75 Å². The average Bonchev–Trinajstić information content (AvgIpc) is 4.13. The van der Waals surface area contributed by atoms with E-state index in [-0.39, 0.29) is 37.1 Å². The van der Waals surface area contributed by atoms with Crippen molar-refractivity contribution in [2.75, 3.05) is 34.5 Å². The molecule has 0 saturated carbocycles. The van der Waals surface area contributed by atoms with Crippen LogP contribution in [-0.4, -0.2) is 121 Å². The number of methoxy groups -OCH3 is 3. The summed E-state index contributed by atoms with van der Waals surface area (Å²) in [6.45, 7) is 4.70. The molecule has 0 radical (unpaired) electrons. The normalized spacial score (nSPS) is 21.3. The maximum atomic E-state index is 14.2. The number of amides is 4. The van der Waals surface area contributed by atoms with Crippen LogP contribution in [0.15, 0.2) is 53.7 Å². The molecule has 2 saturated heterocycles. The number of hydrogen-bond donors (Lipinski definition) is 3. The van der Waals surface area contributed by atoms with Gasteiger partial charge in [-0.25, -0.2) is 14.6 Å². The number of ether oxygens (including phenoxy) is 5. The van der Waals surface area contributed by atoms with E-state index in [0.29, 0.717) is 31.0 Å². The summed E-state index contributed by atoms with van der Waals surface area (Å²) in [6.07, 6.45) is 1.90. The minimum Gasteiger partial charge on any atom is -0.488 e. The number of aromatic amines is 1. The second-order valence-electron chi connectivity index (χ2n) is 17.6. The Morgan fingerprint density at radius 2 is 1.68 bits per heavy atom. The van der Waals surface area contributed by atoms with Gasteiger partial charge in [-0.2, -0.15) is 8.78 Å². The number of alkyl carbamates (subject to hydrolysis) is 2. The first kappa shape index (κ1) is 45.4. The van der Waals surface area contributed by atoms with E-state index in [2.05, 4.69) is 33.8 Å². The molecule has 1 aromatic heterocycles. The summed E-state index contributed by atoms with van der Waals surface area (Å²) < 4.78 is 52.4. The number of aliphatic imine (C=N–C) groups is 1. The Morgan fingerprint density at radius 3 is 2.38 bits per heavy atom. The molecule has 4 aromatic rings. The number of halogens is 2. The molecule has 65 heavy (non-hydrogen) atoms. The first-order valence-electron chi connectivity index (χ1n) is 21.9. The van der Waals surface area contributed by atoms with Gasteiger partial charge in [0, 0.05) is 43.3 Å². The number of imidazole rings is 1. The van der Waals surface area contributed by atoms with Crippen LogP contribution in [0.25, 0.3) is 33.2 Å². The van der Waals surface area contributed by atoms with Crippen LogP contribution in [0.2, 0.25) is 0 Å². The van der Waals surface area contributed by atoms with Crippen LogP contribution in [-0.2, 0) is 41.6 Å².